The van der Waals surface area contributed by atoms with Crippen molar-refractivity contribution in [1.82, 2.24) is 0 Å². The molecule has 0 aliphatic rings. The number of allylic oxidation sites excluding steroid dienone is 2. The molecule has 0 heterocycles. The summed E-state index contributed by atoms with van der Waals surface area (Å²) in [6, 6.07) is 0. The Morgan fingerprint density at radius 3 is 2.00 bits per heavy atom. The molecule has 2 N–H and O–H groups in total. The molecule has 0 saturated carbocycles. The highest BCUT2D eigenvalue weighted by molar-refractivity contribution is 5.92. The molecule has 0 aromatic carbocycles. The molecule has 0 aromatic heterocycles. The van der Waals surface area contributed by atoms with Crippen LogP contribution in [0, 0.1) is 0 Å². The fraction of sp³-hybridized carbons (Fsp3) is 0.400. The summed E-state index contributed by atoms with van der Waals surface area (Å²) in [5.41, 5.74) is 3.92. The van der Waals surface area contributed by atoms with Crippen molar-refractivity contribution in [3.05, 3.63) is 11.8 Å². The van der Waals surface area contributed by atoms with Crippen molar-refractivity contribution in [3.8, 4) is 0 Å². The Bertz CT molecular complexity index is 170. The number of carbonyl (C=O) groups is 1. The van der Waals surface area contributed by atoms with Gasteiger partial charge >= 0.3 is 6.18 Å². The number of Topliss-reactive ketones (excluding diaryl/α,β-unsaturated/α-hetero) is 1. The average Bonchev–Trinajstić information content (AvgIpc) is 1.60. The Balaban J connectivity index is 4.32. The monoisotopic (exact) mass is 153 g/mol. The van der Waals surface area contributed by atoms with E-state index in [4.69, 9.17) is 5.73 Å². The topological polar surface area (TPSA) is 43.1 Å². The van der Waals surface area contributed by atoms with E-state index < -0.39 is 17.7 Å². The van der Waals surface area contributed by atoms with Crippen LogP contribution in [0.25, 0.3) is 0 Å². The summed E-state index contributed by atoms with van der Waals surface area (Å²) in [7, 11) is 0. The van der Waals surface area contributed by atoms with Crippen molar-refractivity contribution < 1.29 is 18.0 Å². The van der Waals surface area contributed by atoms with Crippen LogP contribution in [0.2, 0.25) is 0 Å². The predicted octanol–water partition coefficient (Wildman–Crippen LogP) is 0.980. The quantitative estimate of drug-likeness (QED) is 0.570. The second kappa shape index (κ2) is 2.72. The molecule has 0 unspecified atom stereocenters. The highest BCUT2D eigenvalue weighted by Gasteiger charge is 2.24. The van der Waals surface area contributed by atoms with Gasteiger partial charge in [-0.15, -0.1) is 0 Å². The summed E-state index contributed by atoms with van der Waals surface area (Å²) >= 11 is 0. The van der Waals surface area contributed by atoms with Crippen molar-refractivity contribution in [2.75, 3.05) is 0 Å². The van der Waals surface area contributed by atoms with Gasteiger partial charge in [-0.25, -0.2) is 0 Å². The zero-order chi connectivity index (χ0) is 8.36. The lowest BCUT2D eigenvalue weighted by molar-refractivity contribution is -0.114. The van der Waals surface area contributed by atoms with E-state index in [9.17, 15) is 18.0 Å². The summed E-state index contributed by atoms with van der Waals surface area (Å²) in [4.78, 5) is 10.1. The molecule has 0 aliphatic heterocycles. The first kappa shape index (κ1) is 9.00. The van der Waals surface area contributed by atoms with E-state index in [0.29, 0.717) is 0 Å². The fourth-order valence-electron chi connectivity index (χ4n) is 0.278. The number of nitrogens with two attached hydrogens (primary N) is 1. The van der Waals surface area contributed by atoms with E-state index >= 15 is 0 Å². The zero-order valence-corrected chi connectivity index (χ0v) is 5.20. The summed E-state index contributed by atoms with van der Waals surface area (Å²) in [5.74, 6) is -0.780. The molecule has 58 valence electrons. The molecule has 0 spiro atoms. The average molecular weight is 153 g/mol. The molecule has 0 fully saturated rings. The van der Waals surface area contributed by atoms with E-state index in [1.807, 2.05) is 0 Å². The number of halogens is 3. The molecule has 5 heteroatoms. The highest BCUT2D eigenvalue weighted by atomic mass is 19.4. The Labute approximate surface area is 55.5 Å². The number of rotatable bonds is 1. The summed E-state index contributed by atoms with van der Waals surface area (Å²) < 4.78 is 34.1. The van der Waals surface area contributed by atoms with Crippen molar-refractivity contribution in [1.29, 1.82) is 0 Å². The van der Waals surface area contributed by atoms with Crippen LogP contribution in [-0.2, 0) is 4.79 Å². The van der Waals surface area contributed by atoms with Crippen LogP contribution in [0.5, 0.6) is 0 Å². The molecule has 0 radical (unpaired) electrons. The Morgan fingerprint density at radius 1 is 1.50 bits per heavy atom. The normalized spacial score (nSPS) is 13.4. The largest absolute Gasteiger partial charge is 0.411 e. The molecule has 0 aromatic rings. The molecule has 0 atom stereocenters. The molecular weight excluding hydrogens is 147 g/mol. The van der Waals surface area contributed by atoms with Crippen LogP contribution >= 0.6 is 0 Å². The standard InChI is InChI=1S/C5H6F3NO/c1-3(10)4(9)2-5(6,7)8/h2H,9H2,1H3/b4-2-. The molecule has 10 heavy (non-hydrogen) atoms. The summed E-state index contributed by atoms with van der Waals surface area (Å²) in [5, 5.41) is 0. The Kier molecular flexibility index (Phi) is 2.45. The lowest BCUT2D eigenvalue weighted by Gasteiger charge is -1.99. The molecule has 2 nitrogen and oxygen atoms in total. The maximum absolute atomic E-state index is 11.4. The maximum Gasteiger partial charge on any atom is 0.411 e. The van der Waals surface area contributed by atoms with Gasteiger partial charge in [0.1, 0.15) is 0 Å². The Hall–Kier alpha value is -1.00. The minimum absolute atomic E-state index is 0.227. The van der Waals surface area contributed by atoms with Crippen molar-refractivity contribution in [2.24, 2.45) is 5.73 Å². The SMILES string of the molecule is CC(=O)/C(N)=C/C(F)(F)F. The van der Waals surface area contributed by atoms with E-state index in [1.165, 1.54) is 0 Å². The number of hydrogen-bond donors (Lipinski definition) is 1. The summed E-state index contributed by atoms with van der Waals surface area (Å²) in [6.07, 6.45) is -4.73. The van der Waals surface area contributed by atoms with Gasteiger partial charge in [0, 0.05) is 13.0 Å². The number of ketones is 1. The third-order valence-electron chi connectivity index (χ3n) is 0.726. The van der Waals surface area contributed by atoms with Crippen LogP contribution in [0.4, 0.5) is 13.2 Å². The molecule has 0 aliphatic carbocycles. The van der Waals surface area contributed by atoms with Gasteiger partial charge in [-0.3, -0.25) is 4.79 Å². The zero-order valence-electron chi connectivity index (χ0n) is 5.20. The third kappa shape index (κ3) is 3.94. The van der Waals surface area contributed by atoms with Gasteiger partial charge in [-0.05, 0) is 0 Å². The van der Waals surface area contributed by atoms with Gasteiger partial charge in [0.15, 0.2) is 5.78 Å². The number of carbonyl (C=O) groups excluding carboxylic acids is 1. The lowest BCUT2D eigenvalue weighted by Crippen LogP contribution is -2.13. The first-order valence-corrected chi connectivity index (χ1v) is 2.39. The molecule has 0 bridgehead atoms. The van der Waals surface area contributed by atoms with E-state index in [0.717, 1.165) is 6.92 Å². The Morgan fingerprint density at radius 2 is 1.90 bits per heavy atom. The van der Waals surface area contributed by atoms with E-state index in [2.05, 4.69) is 0 Å². The van der Waals surface area contributed by atoms with Crippen molar-refractivity contribution in [2.45, 2.75) is 13.1 Å². The minimum atomic E-state index is -4.50. The summed E-state index contributed by atoms with van der Waals surface area (Å²) in [6.45, 7) is 0.970. The molecule has 0 saturated heterocycles. The van der Waals surface area contributed by atoms with E-state index in [1.54, 1.807) is 0 Å². The van der Waals surface area contributed by atoms with Gasteiger partial charge in [0.05, 0.1) is 5.70 Å². The molecular formula is C5H6F3NO. The van der Waals surface area contributed by atoms with Crippen molar-refractivity contribution >= 4 is 5.78 Å². The lowest BCUT2D eigenvalue weighted by atomic mass is 10.3. The van der Waals surface area contributed by atoms with Gasteiger partial charge < -0.3 is 5.73 Å². The van der Waals surface area contributed by atoms with Crippen LogP contribution in [0.3, 0.4) is 0 Å². The molecule has 0 rings (SSSR count). The fourth-order valence-corrected chi connectivity index (χ4v) is 0.278. The third-order valence-corrected chi connectivity index (χ3v) is 0.726. The van der Waals surface area contributed by atoms with Crippen LogP contribution < -0.4 is 5.73 Å². The second-order valence-corrected chi connectivity index (χ2v) is 1.70. The number of hydrogen-bond acceptors (Lipinski definition) is 2. The van der Waals surface area contributed by atoms with Gasteiger partial charge in [-0.2, -0.15) is 13.2 Å². The first-order chi connectivity index (χ1) is 4.33. The second-order valence-electron chi connectivity index (χ2n) is 1.70. The first-order valence-electron chi connectivity index (χ1n) is 2.39. The number of alkyl halides is 3. The van der Waals surface area contributed by atoms with Gasteiger partial charge in [0.25, 0.3) is 0 Å². The van der Waals surface area contributed by atoms with Crippen LogP contribution in [-0.4, -0.2) is 12.0 Å². The van der Waals surface area contributed by atoms with E-state index in [-0.39, 0.29) is 6.08 Å². The maximum atomic E-state index is 11.4. The molecule has 0 amide bonds. The van der Waals surface area contributed by atoms with Crippen molar-refractivity contribution in [3.63, 3.8) is 0 Å². The van der Waals surface area contributed by atoms with Crippen LogP contribution in [0.1, 0.15) is 6.92 Å². The minimum Gasteiger partial charge on any atom is -0.396 e. The van der Waals surface area contributed by atoms with Gasteiger partial charge in [0.2, 0.25) is 0 Å². The highest BCUT2D eigenvalue weighted by Crippen LogP contribution is 2.16. The van der Waals surface area contributed by atoms with Gasteiger partial charge in [-0.1, -0.05) is 0 Å². The predicted molar refractivity (Wildman–Crippen MR) is 29.0 cm³/mol. The smallest absolute Gasteiger partial charge is 0.396 e. The van der Waals surface area contributed by atoms with Crippen LogP contribution in [0.15, 0.2) is 11.8 Å².